The van der Waals surface area contributed by atoms with E-state index in [1.165, 1.54) is 6.07 Å². The van der Waals surface area contributed by atoms with E-state index in [9.17, 15) is 14.7 Å². The van der Waals surface area contributed by atoms with Gasteiger partial charge in [-0.25, -0.2) is 4.79 Å². The van der Waals surface area contributed by atoms with Gasteiger partial charge in [-0.1, -0.05) is 0 Å². The van der Waals surface area contributed by atoms with Gasteiger partial charge in [-0.15, -0.1) is 0 Å². The van der Waals surface area contributed by atoms with Gasteiger partial charge in [-0.3, -0.25) is 4.79 Å². The van der Waals surface area contributed by atoms with Gasteiger partial charge >= 0.3 is 11.6 Å². The van der Waals surface area contributed by atoms with Gasteiger partial charge in [0, 0.05) is 10.9 Å². The van der Waals surface area contributed by atoms with Crippen LogP contribution in [0.1, 0.15) is 16.7 Å². The normalized spacial score (nSPS) is 10.8. The number of phenols is 1. The van der Waals surface area contributed by atoms with Crippen molar-refractivity contribution in [2.45, 2.75) is 20.3 Å². The number of carboxylic acid groups (broad SMARTS) is 1. The molecule has 5 heteroatoms. The summed E-state index contributed by atoms with van der Waals surface area (Å²) < 4.78 is 5.11. The quantitative estimate of drug-likeness (QED) is 0.790. The Bertz CT molecular complexity index is 697. The molecule has 1 aromatic carbocycles. The van der Waals surface area contributed by atoms with E-state index in [1.54, 1.807) is 19.9 Å². The van der Waals surface area contributed by atoms with Crippen molar-refractivity contribution in [2.24, 2.45) is 0 Å². The topological polar surface area (TPSA) is 87.7 Å². The molecule has 0 aliphatic carbocycles. The van der Waals surface area contributed by atoms with Crippen LogP contribution in [0.3, 0.4) is 0 Å². The van der Waals surface area contributed by atoms with Crippen molar-refractivity contribution >= 4 is 16.9 Å². The molecule has 0 saturated heterocycles. The molecule has 5 nitrogen and oxygen atoms in total. The summed E-state index contributed by atoms with van der Waals surface area (Å²) in [6.07, 6.45) is -0.371. The summed E-state index contributed by atoms with van der Waals surface area (Å²) in [5.41, 5.74) is 0.809. The largest absolute Gasteiger partial charge is 0.508 e. The van der Waals surface area contributed by atoms with E-state index >= 15 is 0 Å². The average Bonchev–Trinajstić information content (AvgIpc) is 2.29. The fourth-order valence-electron chi connectivity index (χ4n) is 1.93. The molecule has 0 bridgehead atoms. The number of rotatable bonds is 2. The van der Waals surface area contributed by atoms with Crippen LogP contribution in [0, 0.1) is 13.8 Å². The summed E-state index contributed by atoms with van der Waals surface area (Å²) in [7, 11) is 0. The Morgan fingerprint density at radius 3 is 2.56 bits per heavy atom. The molecule has 94 valence electrons. The minimum absolute atomic E-state index is 0.0380. The fourth-order valence-corrected chi connectivity index (χ4v) is 1.93. The van der Waals surface area contributed by atoms with Gasteiger partial charge < -0.3 is 14.6 Å². The third-order valence-corrected chi connectivity index (χ3v) is 3.00. The maximum atomic E-state index is 11.7. The number of carbonyl (C=O) groups is 1. The lowest BCUT2D eigenvalue weighted by atomic mass is 10.0. The number of fused-ring (bicyclic) bond motifs is 1. The molecule has 0 atom stereocenters. The Morgan fingerprint density at radius 2 is 1.94 bits per heavy atom. The van der Waals surface area contributed by atoms with Crippen molar-refractivity contribution < 1.29 is 19.4 Å². The Balaban J connectivity index is 2.83. The van der Waals surface area contributed by atoms with Crippen LogP contribution in [0.25, 0.3) is 11.0 Å². The first kappa shape index (κ1) is 12.2. The second-order valence-electron chi connectivity index (χ2n) is 4.15. The number of hydrogen-bond acceptors (Lipinski definition) is 4. The predicted molar refractivity (Wildman–Crippen MR) is 65.0 cm³/mol. The molecule has 0 unspecified atom stereocenters. The summed E-state index contributed by atoms with van der Waals surface area (Å²) in [6.45, 7) is 3.31. The minimum atomic E-state index is -1.08. The molecule has 0 saturated carbocycles. The van der Waals surface area contributed by atoms with Gasteiger partial charge in [0.2, 0.25) is 0 Å². The van der Waals surface area contributed by atoms with Crippen molar-refractivity contribution in [1.29, 1.82) is 0 Å². The molecular formula is C13H12O5. The Hall–Kier alpha value is -2.30. The number of aliphatic carboxylic acids is 1. The standard InChI is InChI=1S/C13H12O5/c1-6-8-3-4-10(14)7(2)12(8)18-13(17)9(6)5-11(15)16/h3-4,14H,5H2,1-2H3,(H,15,16). The monoisotopic (exact) mass is 248 g/mol. The molecule has 18 heavy (non-hydrogen) atoms. The van der Waals surface area contributed by atoms with E-state index in [0.29, 0.717) is 22.1 Å². The number of hydrogen-bond donors (Lipinski definition) is 2. The van der Waals surface area contributed by atoms with Crippen molar-refractivity contribution in [3.05, 3.63) is 39.2 Å². The first-order valence-electron chi connectivity index (χ1n) is 5.38. The van der Waals surface area contributed by atoms with Crippen molar-refractivity contribution in [1.82, 2.24) is 0 Å². The molecule has 1 heterocycles. The van der Waals surface area contributed by atoms with Gasteiger partial charge in [0.05, 0.1) is 12.0 Å². The summed E-state index contributed by atoms with van der Waals surface area (Å²) >= 11 is 0. The van der Waals surface area contributed by atoms with Gasteiger partial charge in [0.15, 0.2) is 0 Å². The highest BCUT2D eigenvalue weighted by Gasteiger charge is 2.16. The maximum Gasteiger partial charge on any atom is 0.340 e. The zero-order chi connectivity index (χ0) is 13.4. The molecule has 2 aromatic rings. The van der Waals surface area contributed by atoms with Gasteiger partial charge in [-0.05, 0) is 31.5 Å². The summed E-state index contributed by atoms with van der Waals surface area (Å²) in [5.74, 6) is -1.05. The molecule has 0 aliphatic heterocycles. The van der Waals surface area contributed by atoms with E-state index in [4.69, 9.17) is 9.52 Å². The summed E-state index contributed by atoms with van der Waals surface area (Å²) in [6, 6.07) is 3.11. The third kappa shape index (κ3) is 1.84. The van der Waals surface area contributed by atoms with E-state index in [-0.39, 0.29) is 17.7 Å². The van der Waals surface area contributed by atoms with E-state index < -0.39 is 11.6 Å². The molecule has 1 aromatic heterocycles. The summed E-state index contributed by atoms with van der Waals surface area (Å²) in [4.78, 5) is 22.5. The SMILES string of the molecule is Cc1c(CC(=O)O)c(=O)oc2c(C)c(O)ccc12. The number of phenolic OH excluding ortho intramolecular Hbond substituents is 1. The number of benzene rings is 1. The first-order chi connectivity index (χ1) is 8.41. The second kappa shape index (κ2) is 4.18. The van der Waals surface area contributed by atoms with Crippen LogP contribution in [-0.2, 0) is 11.2 Å². The van der Waals surface area contributed by atoms with E-state index in [0.717, 1.165) is 0 Å². The molecule has 2 N–H and O–H groups in total. The summed E-state index contributed by atoms with van der Waals surface area (Å²) in [5, 5.41) is 19.0. The van der Waals surface area contributed by atoms with Crippen molar-refractivity contribution in [3.63, 3.8) is 0 Å². The molecule has 2 rings (SSSR count). The molecular weight excluding hydrogens is 236 g/mol. The van der Waals surface area contributed by atoms with E-state index in [2.05, 4.69) is 0 Å². The van der Waals surface area contributed by atoms with Crippen LogP contribution in [0.15, 0.2) is 21.3 Å². The molecule has 0 radical (unpaired) electrons. The predicted octanol–water partition coefficient (Wildman–Crippen LogP) is 1.74. The second-order valence-corrected chi connectivity index (χ2v) is 4.15. The smallest absolute Gasteiger partial charge is 0.340 e. The molecule has 0 aliphatic rings. The van der Waals surface area contributed by atoms with Gasteiger partial charge in [-0.2, -0.15) is 0 Å². The average molecular weight is 248 g/mol. The third-order valence-electron chi connectivity index (χ3n) is 3.00. The highest BCUT2D eigenvalue weighted by atomic mass is 16.4. The van der Waals surface area contributed by atoms with Gasteiger partial charge in [0.25, 0.3) is 0 Å². The van der Waals surface area contributed by atoms with Crippen molar-refractivity contribution in [3.8, 4) is 5.75 Å². The van der Waals surface area contributed by atoms with Crippen LogP contribution >= 0.6 is 0 Å². The zero-order valence-corrected chi connectivity index (χ0v) is 9.98. The molecule has 0 amide bonds. The van der Waals surface area contributed by atoms with Crippen LogP contribution in [0.2, 0.25) is 0 Å². The van der Waals surface area contributed by atoms with E-state index in [1.807, 2.05) is 0 Å². The van der Waals surface area contributed by atoms with Crippen molar-refractivity contribution in [2.75, 3.05) is 0 Å². The molecule has 0 fully saturated rings. The fraction of sp³-hybridized carbons (Fsp3) is 0.231. The number of aromatic hydroxyl groups is 1. The van der Waals surface area contributed by atoms with Crippen LogP contribution in [-0.4, -0.2) is 16.2 Å². The number of aryl methyl sites for hydroxylation is 2. The minimum Gasteiger partial charge on any atom is -0.508 e. The Labute approximate surface area is 102 Å². The Morgan fingerprint density at radius 1 is 1.28 bits per heavy atom. The van der Waals surface area contributed by atoms with Crippen LogP contribution in [0.5, 0.6) is 5.75 Å². The molecule has 0 spiro atoms. The lowest BCUT2D eigenvalue weighted by molar-refractivity contribution is -0.136. The highest BCUT2D eigenvalue weighted by Crippen LogP contribution is 2.28. The Kier molecular flexibility index (Phi) is 2.82. The first-order valence-corrected chi connectivity index (χ1v) is 5.38. The lowest BCUT2D eigenvalue weighted by Gasteiger charge is -2.08. The lowest BCUT2D eigenvalue weighted by Crippen LogP contribution is -2.15. The van der Waals surface area contributed by atoms with Crippen LogP contribution < -0.4 is 5.63 Å². The zero-order valence-electron chi connectivity index (χ0n) is 9.98. The maximum absolute atomic E-state index is 11.7. The highest BCUT2D eigenvalue weighted by molar-refractivity contribution is 5.86. The van der Waals surface area contributed by atoms with Gasteiger partial charge in [0.1, 0.15) is 11.3 Å². The van der Waals surface area contributed by atoms with Crippen LogP contribution in [0.4, 0.5) is 0 Å². The number of carboxylic acids is 1.